The summed E-state index contributed by atoms with van der Waals surface area (Å²) in [4.78, 5) is 20.7. The maximum absolute atomic E-state index is 12.4. The van der Waals surface area contributed by atoms with Crippen molar-refractivity contribution in [3.63, 3.8) is 0 Å². The third-order valence-electron chi connectivity index (χ3n) is 4.66. The number of aryl methyl sites for hydroxylation is 3. The zero-order chi connectivity index (χ0) is 16.9. The summed E-state index contributed by atoms with van der Waals surface area (Å²) in [5.41, 5.74) is 3.30. The Labute approximate surface area is 142 Å². The molecule has 6 heteroatoms. The van der Waals surface area contributed by atoms with Crippen LogP contribution in [0.4, 0.5) is 0 Å². The van der Waals surface area contributed by atoms with Crippen LogP contribution in [-0.2, 0) is 17.8 Å². The van der Waals surface area contributed by atoms with E-state index in [9.17, 15) is 4.79 Å². The van der Waals surface area contributed by atoms with Crippen molar-refractivity contribution in [2.45, 2.75) is 33.2 Å². The average Bonchev–Trinajstić information content (AvgIpc) is 2.93. The van der Waals surface area contributed by atoms with E-state index in [0.29, 0.717) is 6.42 Å². The van der Waals surface area contributed by atoms with Crippen LogP contribution in [0.25, 0.3) is 0 Å². The van der Waals surface area contributed by atoms with Gasteiger partial charge < -0.3 is 9.42 Å². The molecule has 3 rings (SSSR count). The Hall–Kier alpha value is -2.21. The highest BCUT2D eigenvalue weighted by atomic mass is 16.5. The molecule has 1 aliphatic rings. The number of carbonyl (C=O) groups excluding carboxylic acids is 1. The molecule has 1 saturated heterocycles. The lowest BCUT2D eigenvalue weighted by Crippen LogP contribution is -2.48. The lowest BCUT2D eigenvalue weighted by Gasteiger charge is -2.34. The second-order valence-corrected chi connectivity index (χ2v) is 6.32. The summed E-state index contributed by atoms with van der Waals surface area (Å²) < 4.78 is 5.22. The maximum atomic E-state index is 12.4. The number of nitrogens with zero attached hydrogens (tertiary/aromatic N) is 4. The average molecular weight is 328 g/mol. The minimum Gasteiger partial charge on any atom is -0.361 e. The van der Waals surface area contributed by atoms with E-state index in [1.807, 2.05) is 30.9 Å². The fraction of sp³-hybridized carbons (Fsp3) is 0.500. The van der Waals surface area contributed by atoms with Crippen molar-refractivity contribution in [1.82, 2.24) is 19.9 Å². The van der Waals surface area contributed by atoms with E-state index >= 15 is 0 Å². The number of hydrogen-bond donors (Lipinski definition) is 0. The van der Waals surface area contributed by atoms with Crippen molar-refractivity contribution in [3.8, 4) is 0 Å². The number of piperazine rings is 1. The quantitative estimate of drug-likeness (QED) is 0.840. The van der Waals surface area contributed by atoms with Crippen LogP contribution in [0.2, 0.25) is 0 Å². The van der Waals surface area contributed by atoms with Crippen molar-refractivity contribution in [2.75, 3.05) is 26.2 Å². The van der Waals surface area contributed by atoms with Gasteiger partial charge in [0.1, 0.15) is 5.76 Å². The SMILES string of the molecule is Cc1noc(C)c1CN1CCN(C(=O)CCc2ccncc2)CC1. The lowest BCUT2D eigenvalue weighted by molar-refractivity contribution is -0.133. The van der Waals surface area contributed by atoms with E-state index in [-0.39, 0.29) is 5.91 Å². The molecule has 6 nitrogen and oxygen atoms in total. The van der Waals surface area contributed by atoms with Gasteiger partial charge in [-0.05, 0) is 38.0 Å². The Kier molecular flexibility index (Phi) is 5.25. The van der Waals surface area contributed by atoms with Crippen molar-refractivity contribution < 1.29 is 9.32 Å². The van der Waals surface area contributed by atoms with Gasteiger partial charge in [0.2, 0.25) is 5.91 Å². The molecular formula is C18H24N4O2. The molecule has 128 valence electrons. The molecule has 0 bridgehead atoms. The van der Waals surface area contributed by atoms with E-state index in [2.05, 4.69) is 15.0 Å². The fourth-order valence-corrected chi connectivity index (χ4v) is 3.07. The molecule has 0 N–H and O–H groups in total. The molecular weight excluding hydrogens is 304 g/mol. The molecule has 1 aliphatic heterocycles. The summed E-state index contributed by atoms with van der Waals surface area (Å²) in [6.45, 7) is 8.15. The van der Waals surface area contributed by atoms with Crippen LogP contribution in [0.1, 0.15) is 29.0 Å². The largest absolute Gasteiger partial charge is 0.361 e. The topological polar surface area (TPSA) is 62.5 Å². The molecule has 3 heterocycles. The first kappa shape index (κ1) is 16.6. The van der Waals surface area contributed by atoms with Gasteiger partial charge in [0.25, 0.3) is 0 Å². The van der Waals surface area contributed by atoms with Crippen molar-refractivity contribution in [2.24, 2.45) is 0 Å². The summed E-state index contributed by atoms with van der Waals surface area (Å²) in [5, 5.41) is 4.01. The monoisotopic (exact) mass is 328 g/mol. The predicted octanol–water partition coefficient (Wildman–Crippen LogP) is 1.96. The molecule has 0 unspecified atom stereocenters. The van der Waals surface area contributed by atoms with E-state index < -0.39 is 0 Å². The zero-order valence-electron chi connectivity index (χ0n) is 14.4. The van der Waals surface area contributed by atoms with Crippen LogP contribution in [0.5, 0.6) is 0 Å². The minimum absolute atomic E-state index is 0.240. The van der Waals surface area contributed by atoms with Crippen LogP contribution in [0, 0.1) is 13.8 Å². The van der Waals surface area contributed by atoms with Crippen LogP contribution in [0.15, 0.2) is 29.0 Å². The first-order chi connectivity index (χ1) is 11.6. The molecule has 0 aromatic carbocycles. The number of rotatable bonds is 5. The van der Waals surface area contributed by atoms with E-state index in [4.69, 9.17) is 4.52 Å². The molecule has 0 atom stereocenters. The van der Waals surface area contributed by atoms with Gasteiger partial charge in [0, 0.05) is 57.1 Å². The highest BCUT2D eigenvalue weighted by molar-refractivity contribution is 5.76. The number of amides is 1. The first-order valence-corrected chi connectivity index (χ1v) is 8.44. The molecule has 0 aliphatic carbocycles. The summed E-state index contributed by atoms with van der Waals surface area (Å²) in [5.74, 6) is 1.13. The Bertz CT molecular complexity index is 656. The van der Waals surface area contributed by atoms with Crippen LogP contribution < -0.4 is 0 Å². The summed E-state index contributed by atoms with van der Waals surface area (Å²) >= 11 is 0. The van der Waals surface area contributed by atoms with Crippen molar-refractivity contribution in [1.29, 1.82) is 0 Å². The van der Waals surface area contributed by atoms with Crippen LogP contribution in [0.3, 0.4) is 0 Å². The molecule has 2 aromatic heterocycles. The van der Waals surface area contributed by atoms with Gasteiger partial charge in [-0.15, -0.1) is 0 Å². The van der Waals surface area contributed by atoms with Gasteiger partial charge in [0.05, 0.1) is 5.69 Å². The Morgan fingerprint density at radius 2 is 1.88 bits per heavy atom. The maximum Gasteiger partial charge on any atom is 0.222 e. The van der Waals surface area contributed by atoms with Gasteiger partial charge in [-0.1, -0.05) is 5.16 Å². The Morgan fingerprint density at radius 3 is 2.50 bits per heavy atom. The molecule has 0 radical (unpaired) electrons. The molecule has 2 aromatic rings. The van der Waals surface area contributed by atoms with Gasteiger partial charge >= 0.3 is 0 Å². The Balaban J connectivity index is 1.45. The molecule has 0 spiro atoms. The summed E-state index contributed by atoms with van der Waals surface area (Å²) in [7, 11) is 0. The van der Waals surface area contributed by atoms with Gasteiger partial charge in [-0.3, -0.25) is 14.7 Å². The highest BCUT2D eigenvalue weighted by Gasteiger charge is 2.22. The van der Waals surface area contributed by atoms with E-state index in [1.165, 1.54) is 5.56 Å². The van der Waals surface area contributed by atoms with Crippen molar-refractivity contribution >= 4 is 5.91 Å². The smallest absolute Gasteiger partial charge is 0.222 e. The highest BCUT2D eigenvalue weighted by Crippen LogP contribution is 2.16. The van der Waals surface area contributed by atoms with Crippen LogP contribution in [-0.4, -0.2) is 52.0 Å². The third kappa shape index (κ3) is 4.00. The third-order valence-corrected chi connectivity index (χ3v) is 4.66. The molecule has 0 saturated carbocycles. The van der Waals surface area contributed by atoms with Gasteiger partial charge in [-0.2, -0.15) is 0 Å². The minimum atomic E-state index is 0.240. The number of pyridine rings is 1. The number of carbonyl (C=O) groups is 1. The number of aromatic nitrogens is 2. The van der Waals surface area contributed by atoms with Gasteiger partial charge in [0.15, 0.2) is 0 Å². The normalized spacial score (nSPS) is 15.7. The van der Waals surface area contributed by atoms with E-state index in [0.717, 1.165) is 56.2 Å². The van der Waals surface area contributed by atoms with Crippen LogP contribution >= 0.6 is 0 Å². The lowest BCUT2D eigenvalue weighted by atomic mass is 10.1. The second-order valence-electron chi connectivity index (χ2n) is 6.32. The van der Waals surface area contributed by atoms with Gasteiger partial charge in [-0.25, -0.2) is 0 Å². The summed E-state index contributed by atoms with van der Waals surface area (Å²) in [6, 6.07) is 3.93. The number of hydrogen-bond acceptors (Lipinski definition) is 5. The van der Waals surface area contributed by atoms with Crippen molar-refractivity contribution in [3.05, 3.63) is 47.1 Å². The summed E-state index contributed by atoms with van der Waals surface area (Å²) in [6.07, 6.45) is 4.88. The first-order valence-electron chi connectivity index (χ1n) is 8.44. The molecule has 1 fully saturated rings. The standard InChI is InChI=1S/C18H24N4O2/c1-14-17(15(2)24-20-14)13-21-9-11-22(12-10-21)18(23)4-3-16-5-7-19-8-6-16/h5-8H,3-4,9-13H2,1-2H3. The molecule has 24 heavy (non-hydrogen) atoms. The Morgan fingerprint density at radius 1 is 1.17 bits per heavy atom. The second kappa shape index (κ2) is 7.57. The predicted molar refractivity (Wildman–Crippen MR) is 90.4 cm³/mol. The zero-order valence-corrected chi connectivity index (χ0v) is 14.4. The fourth-order valence-electron chi connectivity index (χ4n) is 3.07. The van der Waals surface area contributed by atoms with E-state index in [1.54, 1.807) is 12.4 Å². The molecule has 1 amide bonds.